The fraction of sp³-hybridized carbons (Fsp3) is 0.231. The smallest absolute Gasteiger partial charge is 0.163 e. The number of hydrogen-bond donors (Lipinski definition) is 1. The number of rotatable bonds is 11. The first-order valence-corrected chi connectivity index (χ1v) is 11.8. The molecule has 0 aliphatic rings. The summed E-state index contributed by atoms with van der Waals surface area (Å²) in [5, 5.41) is 0.675. The van der Waals surface area contributed by atoms with Crippen molar-refractivity contribution < 1.29 is 23.7 Å². The molecule has 0 aliphatic heterocycles. The van der Waals surface area contributed by atoms with Crippen molar-refractivity contribution in [2.45, 2.75) is 0 Å². The largest absolute Gasteiger partial charge is 0.487 e. The van der Waals surface area contributed by atoms with Crippen LogP contribution in [-0.2, 0) is 9.47 Å². The number of nitrogens with zero attached hydrogens (tertiary/aromatic N) is 2. The second kappa shape index (κ2) is 11.8. The van der Waals surface area contributed by atoms with E-state index in [1.54, 1.807) is 26.4 Å². The van der Waals surface area contributed by atoms with Gasteiger partial charge in [0, 0.05) is 31.2 Å². The normalized spacial score (nSPS) is 10.9. The van der Waals surface area contributed by atoms with Crippen molar-refractivity contribution in [2.24, 2.45) is 0 Å². The van der Waals surface area contributed by atoms with E-state index in [0.717, 1.165) is 15.8 Å². The minimum absolute atomic E-state index is 0.346. The highest BCUT2D eigenvalue weighted by Crippen LogP contribution is 2.35. The van der Waals surface area contributed by atoms with E-state index < -0.39 is 0 Å². The maximum absolute atomic E-state index is 6.32. The second-order valence-corrected chi connectivity index (χ2v) is 8.34. The van der Waals surface area contributed by atoms with Crippen LogP contribution in [0.25, 0.3) is 22.3 Å². The molecule has 4 rings (SSSR count). The first-order chi connectivity index (χ1) is 17.1. The van der Waals surface area contributed by atoms with Gasteiger partial charge in [-0.05, 0) is 58.4 Å². The van der Waals surface area contributed by atoms with E-state index in [2.05, 4.69) is 20.9 Å². The summed E-state index contributed by atoms with van der Waals surface area (Å²) in [4.78, 5) is 9.25. The van der Waals surface area contributed by atoms with Crippen LogP contribution < -0.4 is 19.9 Å². The molecule has 0 atom stereocenters. The van der Waals surface area contributed by atoms with E-state index in [0.29, 0.717) is 66.2 Å². The van der Waals surface area contributed by atoms with E-state index in [1.807, 2.05) is 48.5 Å². The quantitative estimate of drug-likeness (QED) is 0.250. The number of benzene rings is 3. The lowest BCUT2D eigenvalue weighted by atomic mass is 10.1. The van der Waals surface area contributed by atoms with E-state index >= 15 is 0 Å². The summed E-state index contributed by atoms with van der Waals surface area (Å²) in [6.07, 6.45) is 0. The summed E-state index contributed by atoms with van der Waals surface area (Å²) in [6.45, 7) is 1.63. The highest BCUT2D eigenvalue weighted by molar-refractivity contribution is 9.10. The Morgan fingerprint density at radius 1 is 0.771 bits per heavy atom. The maximum Gasteiger partial charge on any atom is 0.163 e. The average molecular weight is 540 g/mol. The van der Waals surface area contributed by atoms with Gasteiger partial charge in [0.15, 0.2) is 17.3 Å². The molecule has 35 heavy (non-hydrogen) atoms. The number of para-hydroxylation sites is 1. The van der Waals surface area contributed by atoms with E-state index in [-0.39, 0.29) is 0 Å². The lowest BCUT2D eigenvalue weighted by Crippen LogP contribution is -2.09. The van der Waals surface area contributed by atoms with Crippen LogP contribution >= 0.6 is 15.9 Å². The van der Waals surface area contributed by atoms with Crippen LogP contribution in [0.1, 0.15) is 0 Å². The van der Waals surface area contributed by atoms with Crippen molar-refractivity contribution in [1.82, 2.24) is 9.97 Å². The van der Waals surface area contributed by atoms with Gasteiger partial charge < -0.3 is 29.4 Å². The number of nitrogens with two attached hydrogens (primary N) is 1. The third-order valence-electron chi connectivity index (χ3n) is 5.06. The Morgan fingerprint density at radius 2 is 1.43 bits per heavy atom. The number of anilines is 1. The highest BCUT2D eigenvalue weighted by atomic mass is 79.9. The van der Waals surface area contributed by atoms with Gasteiger partial charge in [-0.15, -0.1) is 0 Å². The zero-order valence-electron chi connectivity index (χ0n) is 19.5. The van der Waals surface area contributed by atoms with Crippen molar-refractivity contribution in [3.8, 4) is 34.4 Å². The molecule has 0 aliphatic carbocycles. The van der Waals surface area contributed by atoms with Crippen molar-refractivity contribution in [3.05, 3.63) is 65.1 Å². The molecule has 4 aromatic rings. The molecule has 0 saturated carbocycles. The van der Waals surface area contributed by atoms with Gasteiger partial charge in [0.05, 0.1) is 23.2 Å². The van der Waals surface area contributed by atoms with Crippen LogP contribution in [0.4, 0.5) is 5.82 Å². The standard InChI is InChI=1S/C26H26BrN3O5/c1-31-11-13-33-23-15-19-21(16-24(23)34-14-12-32-2)29-26(30-25(19)28)17-7-9-18(10-8-17)35-22-6-4-3-5-20(22)27/h3-10,15-16H,11-14H2,1-2H3,(H2,28,29,30). The molecule has 1 aromatic heterocycles. The van der Waals surface area contributed by atoms with Gasteiger partial charge in [-0.25, -0.2) is 9.97 Å². The number of hydrogen-bond acceptors (Lipinski definition) is 8. The number of methoxy groups -OCH3 is 2. The van der Waals surface area contributed by atoms with Gasteiger partial charge >= 0.3 is 0 Å². The summed E-state index contributed by atoms with van der Waals surface area (Å²) >= 11 is 3.49. The SMILES string of the molecule is COCCOc1cc2nc(-c3ccc(Oc4ccccc4Br)cc3)nc(N)c2cc1OCCOC. The fourth-order valence-electron chi connectivity index (χ4n) is 3.31. The summed E-state index contributed by atoms with van der Waals surface area (Å²) in [6, 6.07) is 18.8. The van der Waals surface area contributed by atoms with Crippen molar-refractivity contribution in [2.75, 3.05) is 46.4 Å². The molecule has 0 fully saturated rings. The van der Waals surface area contributed by atoms with Gasteiger partial charge in [0.2, 0.25) is 0 Å². The molecule has 2 N–H and O–H groups in total. The Balaban J connectivity index is 1.63. The molecule has 9 heteroatoms. The number of aromatic nitrogens is 2. The molecule has 0 spiro atoms. The number of fused-ring (bicyclic) bond motifs is 1. The Morgan fingerprint density at radius 3 is 2.09 bits per heavy atom. The van der Waals surface area contributed by atoms with E-state index in [4.69, 9.17) is 34.4 Å². The van der Waals surface area contributed by atoms with E-state index in [9.17, 15) is 0 Å². The summed E-state index contributed by atoms with van der Waals surface area (Å²) in [5.41, 5.74) is 7.77. The van der Waals surface area contributed by atoms with Gasteiger partial charge in [-0.1, -0.05) is 12.1 Å². The number of ether oxygens (including phenoxy) is 5. The zero-order chi connectivity index (χ0) is 24.6. The number of nitrogen functional groups attached to an aromatic ring is 1. The van der Waals surface area contributed by atoms with Crippen LogP contribution in [0.5, 0.6) is 23.0 Å². The highest BCUT2D eigenvalue weighted by Gasteiger charge is 2.14. The van der Waals surface area contributed by atoms with Crippen molar-refractivity contribution >= 4 is 32.7 Å². The second-order valence-electron chi connectivity index (χ2n) is 7.49. The summed E-state index contributed by atoms with van der Waals surface area (Å²) in [7, 11) is 3.24. The third kappa shape index (κ3) is 6.19. The van der Waals surface area contributed by atoms with Crippen molar-refractivity contribution in [3.63, 3.8) is 0 Å². The molecule has 1 heterocycles. The van der Waals surface area contributed by atoms with Crippen LogP contribution in [0.15, 0.2) is 65.1 Å². The number of halogens is 1. The Labute approximate surface area is 212 Å². The fourth-order valence-corrected chi connectivity index (χ4v) is 3.68. The average Bonchev–Trinajstić information content (AvgIpc) is 2.86. The van der Waals surface area contributed by atoms with Crippen LogP contribution in [0.3, 0.4) is 0 Å². The molecule has 3 aromatic carbocycles. The summed E-state index contributed by atoms with van der Waals surface area (Å²) in [5.74, 6) is 3.36. The molecule has 0 radical (unpaired) electrons. The Kier molecular flexibility index (Phi) is 8.36. The predicted molar refractivity (Wildman–Crippen MR) is 138 cm³/mol. The van der Waals surface area contributed by atoms with Gasteiger partial charge in [-0.3, -0.25) is 0 Å². The molecular formula is C26H26BrN3O5. The lowest BCUT2D eigenvalue weighted by molar-refractivity contribution is 0.132. The summed E-state index contributed by atoms with van der Waals surface area (Å²) < 4.78 is 28.7. The minimum Gasteiger partial charge on any atom is -0.487 e. The lowest BCUT2D eigenvalue weighted by Gasteiger charge is -2.15. The van der Waals surface area contributed by atoms with Crippen LogP contribution in [0, 0.1) is 0 Å². The van der Waals surface area contributed by atoms with Crippen LogP contribution in [0.2, 0.25) is 0 Å². The monoisotopic (exact) mass is 539 g/mol. The zero-order valence-corrected chi connectivity index (χ0v) is 21.1. The molecule has 0 saturated heterocycles. The molecule has 0 bridgehead atoms. The van der Waals surface area contributed by atoms with Crippen molar-refractivity contribution in [1.29, 1.82) is 0 Å². The minimum atomic E-state index is 0.346. The molecule has 0 amide bonds. The van der Waals surface area contributed by atoms with Gasteiger partial charge in [-0.2, -0.15) is 0 Å². The molecular weight excluding hydrogens is 514 g/mol. The van der Waals surface area contributed by atoms with Gasteiger partial charge in [0.1, 0.15) is 30.5 Å². The first-order valence-electron chi connectivity index (χ1n) is 11.0. The third-order valence-corrected chi connectivity index (χ3v) is 5.71. The predicted octanol–water partition coefficient (Wildman–Crippen LogP) is 5.48. The van der Waals surface area contributed by atoms with Crippen LogP contribution in [-0.4, -0.2) is 50.6 Å². The Bertz CT molecular complexity index is 1280. The topological polar surface area (TPSA) is 98.0 Å². The molecule has 182 valence electrons. The maximum atomic E-state index is 6.32. The van der Waals surface area contributed by atoms with E-state index in [1.165, 1.54) is 0 Å². The Hall–Kier alpha value is -3.40. The molecule has 0 unspecified atom stereocenters. The molecule has 8 nitrogen and oxygen atoms in total. The van der Waals surface area contributed by atoms with Gasteiger partial charge in [0.25, 0.3) is 0 Å². The first kappa shape index (κ1) is 24.7.